The van der Waals surface area contributed by atoms with E-state index in [1.807, 2.05) is 12.1 Å². The highest BCUT2D eigenvalue weighted by Gasteiger charge is 2.14. The largest absolute Gasteiger partial charge is 0.490 e. The van der Waals surface area contributed by atoms with Gasteiger partial charge in [-0.25, -0.2) is 0 Å². The zero-order valence-corrected chi connectivity index (χ0v) is 16.4. The minimum absolute atomic E-state index is 0.181. The Morgan fingerprint density at radius 3 is 2.78 bits per heavy atom. The fourth-order valence-electron chi connectivity index (χ4n) is 2.62. The Morgan fingerprint density at radius 1 is 1.30 bits per heavy atom. The first kappa shape index (κ1) is 19.1. The molecule has 0 saturated carbocycles. The topological polar surface area (TPSA) is 67.3 Å². The monoisotopic (exact) mass is 403 g/mol. The quantitative estimate of drug-likeness (QED) is 0.663. The van der Waals surface area contributed by atoms with Crippen LogP contribution in [0.1, 0.15) is 10.4 Å². The van der Waals surface area contributed by atoms with Crippen LogP contribution in [0.25, 0.3) is 10.9 Å². The van der Waals surface area contributed by atoms with Gasteiger partial charge in [-0.15, -0.1) is 0 Å². The van der Waals surface area contributed by atoms with Crippen LogP contribution >= 0.6 is 23.8 Å². The number of H-pyrrole nitrogens is 1. The van der Waals surface area contributed by atoms with Crippen LogP contribution in [0.4, 0.5) is 0 Å². The van der Waals surface area contributed by atoms with Gasteiger partial charge in [-0.1, -0.05) is 23.7 Å². The number of ether oxygens (including phenoxy) is 1. The van der Waals surface area contributed by atoms with Crippen LogP contribution in [-0.2, 0) is 7.05 Å². The van der Waals surface area contributed by atoms with Crippen molar-refractivity contribution >= 4 is 40.6 Å². The van der Waals surface area contributed by atoms with Crippen molar-refractivity contribution in [2.45, 2.75) is 0 Å². The van der Waals surface area contributed by atoms with Gasteiger partial charge in [0.05, 0.1) is 22.5 Å². The molecule has 27 heavy (non-hydrogen) atoms. The van der Waals surface area contributed by atoms with Gasteiger partial charge < -0.3 is 14.6 Å². The zero-order valence-electron chi connectivity index (χ0n) is 14.9. The van der Waals surface area contributed by atoms with Gasteiger partial charge in [0.15, 0.2) is 4.77 Å². The lowest BCUT2D eigenvalue weighted by atomic mass is 10.1. The van der Waals surface area contributed by atoms with Gasteiger partial charge >= 0.3 is 0 Å². The van der Waals surface area contributed by atoms with E-state index >= 15 is 0 Å². The first-order valence-electron chi connectivity index (χ1n) is 8.24. The van der Waals surface area contributed by atoms with Crippen molar-refractivity contribution in [3.05, 3.63) is 68.2 Å². The Kier molecular flexibility index (Phi) is 5.62. The highest BCUT2D eigenvalue weighted by molar-refractivity contribution is 7.71. The third kappa shape index (κ3) is 4.04. The Morgan fingerprint density at radius 2 is 2.04 bits per heavy atom. The molecule has 1 heterocycles. The number of hydrogen-bond donors (Lipinski definition) is 1. The lowest BCUT2D eigenvalue weighted by Crippen LogP contribution is -2.31. The van der Waals surface area contributed by atoms with E-state index in [1.54, 1.807) is 49.3 Å². The van der Waals surface area contributed by atoms with Gasteiger partial charge in [0.2, 0.25) is 0 Å². The molecule has 0 aliphatic carbocycles. The summed E-state index contributed by atoms with van der Waals surface area (Å²) in [5.41, 5.74) is 0.797. The van der Waals surface area contributed by atoms with E-state index in [0.29, 0.717) is 45.2 Å². The summed E-state index contributed by atoms with van der Waals surface area (Å²) in [7, 11) is 3.29. The van der Waals surface area contributed by atoms with E-state index in [4.69, 9.17) is 28.6 Å². The second-order valence-corrected chi connectivity index (χ2v) is 6.85. The average Bonchev–Trinajstić information content (AvgIpc) is 2.66. The SMILES string of the molecule is CN(CCOc1ccccc1Cl)C(=O)c1ccc2c(=O)n(C)c(=S)[nH]c2c1. The molecule has 0 unspecified atom stereocenters. The van der Waals surface area contributed by atoms with E-state index in [2.05, 4.69) is 4.98 Å². The molecule has 3 rings (SSSR count). The molecule has 0 aliphatic rings. The summed E-state index contributed by atoms with van der Waals surface area (Å²) >= 11 is 11.2. The third-order valence-electron chi connectivity index (χ3n) is 4.22. The maximum Gasteiger partial charge on any atom is 0.261 e. The van der Waals surface area contributed by atoms with Crippen LogP contribution in [0.3, 0.4) is 0 Å². The maximum absolute atomic E-state index is 12.7. The number of aromatic amines is 1. The Bertz CT molecular complexity index is 1120. The van der Waals surface area contributed by atoms with Crippen molar-refractivity contribution in [2.24, 2.45) is 7.05 Å². The number of carbonyl (C=O) groups is 1. The van der Waals surface area contributed by atoms with Gasteiger partial charge in [-0.2, -0.15) is 0 Å². The Balaban J connectivity index is 1.73. The number of carbonyl (C=O) groups excluding carboxylic acids is 1. The van der Waals surface area contributed by atoms with Gasteiger partial charge in [-0.3, -0.25) is 14.2 Å². The molecule has 1 amide bonds. The number of aromatic nitrogens is 2. The molecule has 0 radical (unpaired) electrons. The number of amides is 1. The van der Waals surface area contributed by atoms with E-state index in [1.165, 1.54) is 4.57 Å². The van der Waals surface area contributed by atoms with Gasteiger partial charge in [-0.05, 0) is 42.5 Å². The van der Waals surface area contributed by atoms with Crippen LogP contribution in [0, 0.1) is 4.77 Å². The summed E-state index contributed by atoms with van der Waals surface area (Å²) in [6.45, 7) is 0.692. The lowest BCUT2D eigenvalue weighted by Gasteiger charge is -2.18. The normalized spacial score (nSPS) is 10.8. The number of hydrogen-bond acceptors (Lipinski definition) is 4. The molecule has 8 heteroatoms. The molecule has 6 nitrogen and oxygen atoms in total. The minimum atomic E-state index is -0.200. The van der Waals surface area contributed by atoms with Gasteiger partial charge in [0, 0.05) is 19.7 Å². The predicted molar refractivity (Wildman–Crippen MR) is 108 cm³/mol. The summed E-state index contributed by atoms with van der Waals surface area (Å²) < 4.78 is 7.28. The molecule has 140 valence electrons. The number of fused-ring (bicyclic) bond motifs is 1. The highest BCUT2D eigenvalue weighted by Crippen LogP contribution is 2.23. The van der Waals surface area contributed by atoms with Gasteiger partial charge in [0.1, 0.15) is 12.4 Å². The number of rotatable bonds is 5. The Hall–Kier alpha value is -2.64. The minimum Gasteiger partial charge on any atom is -0.490 e. The molecule has 0 saturated heterocycles. The molecule has 0 spiro atoms. The second kappa shape index (κ2) is 7.94. The van der Waals surface area contributed by atoms with Crippen LogP contribution in [0.2, 0.25) is 5.02 Å². The summed E-state index contributed by atoms with van der Waals surface area (Å²) in [6.07, 6.45) is 0. The van der Waals surface area contributed by atoms with Crippen LogP contribution in [-0.4, -0.2) is 40.6 Å². The molecule has 0 bridgehead atoms. The summed E-state index contributed by atoms with van der Waals surface area (Å²) in [5.74, 6) is 0.397. The molecule has 2 aromatic carbocycles. The maximum atomic E-state index is 12.7. The number of nitrogens with zero attached hydrogens (tertiary/aromatic N) is 2. The molecule has 1 aromatic heterocycles. The van der Waals surface area contributed by atoms with E-state index in [-0.39, 0.29) is 11.5 Å². The van der Waals surface area contributed by atoms with Crippen molar-refractivity contribution < 1.29 is 9.53 Å². The van der Waals surface area contributed by atoms with Gasteiger partial charge in [0.25, 0.3) is 11.5 Å². The van der Waals surface area contributed by atoms with Crippen molar-refractivity contribution in [3.8, 4) is 5.75 Å². The summed E-state index contributed by atoms with van der Waals surface area (Å²) in [5, 5.41) is 1.00. The van der Waals surface area contributed by atoms with E-state index < -0.39 is 0 Å². The highest BCUT2D eigenvalue weighted by atomic mass is 35.5. The second-order valence-electron chi connectivity index (χ2n) is 6.06. The van der Waals surface area contributed by atoms with E-state index in [9.17, 15) is 9.59 Å². The summed E-state index contributed by atoms with van der Waals surface area (Å²) in [4.78, 5) is 29.4. The molecule has 0 atom stereocenters. The number of para-hydroxylation sites is 1. The third-order valence-corrected chi connectivity index (χ3v) is 4.90. The first-order chi connectivity index (χ1) is 12.9. The van der Waals surface area contributed by atoms with Crippen molar-refractivity contribution in [1.29, 1.82) is 0 Å². The van der Waals surface area contributed by atoms with Crippen LogP contribution in [0.15, 0.2) is 47.3 Å². The lowest BCUT2D eigenvalue weighted by molar-refractivity contribution is 0.0774. The summed E-state index contributed by atoms with van der Waals surface area (Å²) in [6, 6.07) is 12.1. The van der Waals surface area contributed by atoms with Crippen LogP contribution < -0.4 is 10.3 Å². The predicted octanol–water partition coefficient (Wildman–Crippen LogP) is 3.40. The number of nitrogens with one attached hydrogen (secondary N) is 1. The number of benzene rings is 2. The van der Waals surface area contributed by atoms with Crippen molar-refractivity contribution in [3.63, 3.8) is 0 Å². The molecular weight excluding hydrogens is 386 g/mol. The zero-order chi connectivity index (χ0) is 19.6. The number of halogens is 1. The molecule has 0 aliphatic heterocycles. The molecular formula is C19H18ClN3O3S. The molecule has 1 N–H and O–H groups in total. The average molecular weight is 404 g/mol. The van der Waals surface area contributed by atoms with E-state index in [0.717, 1.165) is 0 Å². The standard InChI is InChI=1S/C19H18ClN3O3S/c1-22(9-10-26-16-6-4-3-5-14(16)20)17(24)12-7-8-13-15(11-12)21-19(27)23(2)18(13)25/h3-8,11H,9-10H2,1-2H3,(H,21,27). The number of likely N-dealkylation sites (N-methyl/N-ethyl adjacent to an activating group) is 1. The molecule has 0 fully saturated rings. The molecule has 3 aromatic rings. The van der Waals surface area contributed by atoms with Crippen LogP contribution in [0.5, 0.6) is 5.75 Å². The smallest absolute Gasteiger partial charge is 0.261 e. The fourth-order valence-corrected chi connectivity index (χ4v) is 3.00. The van der Waals surface area contributed by atoms with Crippen molar-refractivity contribution in [1.82, 2.24) is 14.5 Å². The van der Waals surface area contributed by atoms with Crippen molar-refractivity contribution in [2.75, 3.05) is 20.2 Å². The Labute approximate surface area is 166 Å². The first-order valence-corrected chi connectivity index (χ1v) is 9.03. The fraction of sp³-hybridized carbons (Fsp3) is 0.211.